The molecule has 0 spiro atoms. The van der Waals surface area contributed by atoms with Crippen molar-refractivity contribution in [2.45, 2.75) is 38.2 Å². The van der Waals surface area contributed by atoms with Gasteiger partial charge in [-0.05, 0) is 37.3 Å². The van der Waals surface area contributed by atoms with Gasteiger partial charge in [0.15, 0.2) is 0 Å². The molecule has 21 heavy (non-hydrogen) atoms. The Hall–Kier alpha value is -2.13. The number of nitrogens with one attached hydrogen (secondary N) is 1. The van der Waals surface area contributed by atoms with Crippen LogP contribution in [0.15, 0.2) is 16.7 Å². The highest BCUT2D eigenvalue weighted by Crippen LogP contribution is 2.41. The number of aromatic nitrogens is 3. The Morgan fingerprint density at radius 2 is 2.38 bits per heavy atom. The second-order valence-corrected chi connectivity index (χ2v) is 5.72. The fourth-order valence-electron chi connectivity index (χ4n) is 3.09. The predicted octanol–water partition coefficient (Wildman–Crippen LogP) is 2.99. The third-order valence-electron chi connectivity index (χ3n) is 4.22. The van der Waals surface area contributed by atoms with Gasteiger partial charge in [-0.3, -0.25) is 0 Å². The minimum Gasteiger partial charge on any atom is -0.370 e. The summed E-state index contributed by atoms with van der Waals surface area (Å²) in [7, 11) is 1.70. The largest absolute Gasteiger partial charge is 0.370 e. The molecule has 2 aromatic rings. The van der Waals surface area contributed by atoms with E-state index in [4.69, 9.17) is 14.5 Å². The van der Waals surface area contributed by atoms with E-state index >= 15 is 0 Å². The van der Waals surface area contributed by atoms with E-state index in [1.54, 1.807) is 19.2 Å². The normalized spacial score (nSPS) is 25.7. The number of hydrogen-bond acceptors (Lipinski definition) is 5. The molecule has 0 saturated heterocycles. The number of hydrogen-bond donors (Lipinski definition) is 1. The number of H-pyrrole nitrogens is 1. The van der Waals surface area contributed by atoms with Gasteiger partial charge in [0, 0.05) is 7.11 Å². The topological polar surface area (TPSA) is 87.7 Å². The molecular formula is C15H18N4O2. The van der Waals surface area contributed by atoms with Crippen LogP contribution < -0.4 is 0 Å². The van der Waals surface area contributed by atoms with Gasteiger partial charge < -0.3 is 14.2 Å². The molecule has 2 unspecified atom stereocenters. The minimum atomic E-state index is -0.454. The maximum Gasteiger partial charge on any atom is 0.274 e. The van der Waals surface area contributed by atoms with Gasteiger partial charge in [-0.2, -0.15) is 10.2 Å². The van der Waals surface area contributed by atoms with Crippen LogP contribution in [0.1, 0.15) is 44.1 Å². The maximum atomic E-state index is 8.85. The fourth-order valence-corrected chi connectivity index (χ4v) is 3.09. The molecule has 0 amide bonds. The molecule has 1 saturated carbocycles. The summed E-state index contributed by atoms with van der Waals surface area (Å²) in [6.07, 6.45) is 4.11. The van der Waals surface area contributed by atoms with Gasteiger partial charge in [0.05, 0.1) is 0 Å². The van der Waals surface area contributed by atoms with Crippen LogP contribution in [0.25, 0.3) is 11.6 Å². The van der Waals surface area contributed by atoms with Crippen LogP contribution in [0.5, 0.6) is 0 Å². The third-order valence-corrected chi connectivity index (χ3v) is 4.22. The smallest absolute Gasteiger partial charge is 0.274 e. The van der Waals surface area contributed by atoms with Gasteiger partial charge in [-0.15, -0.1) is 0 Å². The highest BCUT2D eigenvalue weighted by Gasteiger charge is 2.41. The molecule has 1 aliphatic carbocycles. The Morgan fingerprint density at radius 3 is 3.05 bits per heavy atom. The molecule has 0 radical (unpaired) electrons. The van der Waals surface area contributed by atoms with Crippen molar-refractivity contribution in [3.05, 3.63) is 23.7 Å². The quantitative estimate of drug-likeness (QED) is 0.937. The van der Waals surface area contributed by atoms with E-state index in [1.807, 2.05) is 6.07 Å². The first-order valence-corrected chi connectivity index (χ1v) is 7.16. The van der Waals surface area contributed by atoms with Crippen LogP contribution in [-0.4, -0.2) is 22.2 Å². The molecule has 1 aliphatic rings. The number of rotatable bonds is 3. The lowest BCUT2D eigenvalue weighted by molar-refractivity contribution is -0.0658. The van der Waals surface area contributed by atoms with Crippen LogP contribution in [0.4, 0.5) is 0 Å². The molecule has 2 atom stereocenters. The highest BCUT2D eigenvalue weighted by atomic mass is 16.5. The maximum absolute atomic E-state index is 8.85. The van der Waals surface area contributed by atoms with Gasteiger partial charge in [-0.1, -0.05) is 18.5 Å². The standard InChI is InChI=1S/C15H18N4O2/c1-10-4-3-7-15(8-10,20-2)14-18-13(21-19-14)12-6-5-11(9-16)17-12/h5-6,10,17H,3-4,7-8H2,1-2H3. The summed E-state index contributed by atoms with van der Waals surface area (Å²) in [6.45, 7) is 2.22. The Kier molecular flexibility index (Phi) is 3.52. The molecule has 2 heterocycles. The van der Waals surface area contributed by atoms with E-state index in [0.29, 0.717) is 29.0 Å². The first-order chi connectivity index (χ1) is 10.2. The van der Waals surface area contributed by atoms with Crippen molar-refractivity contribution in [2.75, 3.05) is 7.11 Å². The summed E-state index contributed by atoms with van der Waals surface area (Å²) >= 11 is 0. The highest BCUT2D eigenvalue weighted by molar-refractivity contribution is 5.49. The van der Waals surface area contributed by atoms with Gasteiger partial charge in [0.1, 0.15) is 23.1 Å². The molecule has 0 aliphatic heterocycles. The van der Waals surface area contributed by atoms with E-state index in [2.05, 4.69) is 22.0 Å². The zero-order valence-electron chi connectivity index (χ0n) is 12.2. The van der Waals surface area contributed by atoms with Gasteiger partial charge in [0.25, 0.3) is 5.89 Å². The monoisotopic (exact) mass is 286 g/mol. The van der Waals surface area contributed by atoms with E-state index < -0.39 is 5.60 Å². The van der Waals surface area contributed by atoms with Crippen molar-refractivity contribution in [1.82, 2.24) is 15.1 Å². The average Bonchev–Trinajstić information content (AvgIpc) is 3.16. The van der Waals surface area contributed by atoms with Crippen molar-refractivity contribution >= 4 is 0 Å². The van der Waals surface area contributed by atoms with Gasteiger partial charge in [-0.25, -0.2) is 0 Å². The minimum absolute atomic E-state index is 0.390. The summed E-state index contributed by atoms with van der Waals surface area (Å²) in [6, 6.07) is 5.49. The molecule has 110 valence electrons. The zero-order valence-corrected chi connectivity index (χ0v) is 12.2. The lowest BCUT2D eigenvalue weighted by Gasteiger charge is -2.36. The van der Waals surface area contributed by atoms with Crippen LogP contribution in [-0.2, 0) is 10.3 Å². The fraction of sp³-hybridized carbons (Fsp3) is 0.533. The van der Waals surface area contributed by atoms with E-state index in [0.717, 1.165) is 19.3 Å². The number of aromatic amines is 1. The molecule has 2 aromatic heterocycles. The lowest BCUT2D eigenvalue weighted by atomic mass is 9.78. The molecule has 3 rings (SSSR count). The summed E-state index contributed by atoms with van der Waals surface area (Å²) in [5, 5.41) is 13.0. The molecule has 0 aromatic carbocycles. The molecule has 6 heteroatoms. The van der Waals surface area contributed by atoms with Crippen molar-refractivity contribution in [2.24, 2.45) is 5.92 Å². The van der Waals surface area contributed by atoms with Gasteiger partial charge >= 0.3 is 0 Å². The van der Waals surface area contributed by atoms with E-state index in [-0.39, 0.29) is 0 Å². The predicted molar refractivity (Wildman–Crippen MR) is 75.1 cm³/mol. The molecule has 1 N–H and O–H groups in total. The van der Waals surface area contributed by atoms with Crippen molar-refractivity contribution in [1.29, 1.82) is 5.26 Å². The lowest BCUT2D eigenvalue weighted by Crippen LogP contribution is -2.35. The van der Waals surface area contributed by atoms with E-state index in [9.17, 15) is 0 Å². The summed E-state index contributed by atoms with van der Waals surface area (Å²) < 4.78 is 11.1. The Balaban J connectivity index is 1.91. The summed E-state index contributed by atoms with van der Waals surface area (Å²) in [5.74, 6) is 1.57. The Bertz CT molecular complexity index is 669. The SMILES string of the molecule is COC1(c2noc(-c3ccc(C#N)[nH]3)n2)CCCC(C)C1. The number of methoxy groups -OCH3 is 1. The van der Waals surface area contributed by atoms with Crippen LogP contribution in [0, 0.1) is 17.2 Å². The second kappa shape index (κ2) is 5.34. The molecule has 1 fully saturated rings. The number of nitriles is 1. The Morgan fingerprint density at radius 1 is 1.52 bits per heavy atom. The summed E-state index contributed by atoms with van der Waals surface area (Å²) in [4.78, 5) is 7.42. The second-order valence-electron chi connectivity index (χ2n) is 5.72. The zero-order chi connectivity index (χ0) is 14.9. The number of nitrogens with zero attached hydrogens (tertiary/aromatic N) is 3. The molecule has 0 bridgehead atoms. The van der Waals surface area contributed by atoms with E-state index in [1.165, 1.54) is 6.42 Å². The Labute approximate surface area is 123 Å². The van der Waals surface area contributed by atoms with Crippen molar-refractivity contribution < 1.29 is 9.26 Å². The van der Waals surface area contributed by atoms with Crippen LogP contribution in [0.3, 0.4) is 0 Å². The van der Waals surface area contributed by atoms with Crippen molar-refractivity contribution in [3.63, 3.8) is 0 Å². The molecular weight excluding hydrogens is 268 g/mol. The van der Waals surface area contributed by atoms with Crippen LogP contribution >= 0.6 is 0 Å². The summed E-state index contributed by atoms with van der Waals surface area (Å²) in [5.41, 5.74) is 0.669. The first kappa shape index (κ1) is 13.8. The number of ether oxygens (including phenoxy) is 1. The average molecular weight is 286 g/mol. The van der Waals surface area contributed by atoms with Crippen molar-refractivity contribution in [3.8, 4) is 17.7 Å². The van der Waals surface area contributed by atoms with Gasteiger partial charge in [0.2, 0.25) is 5.82 Å². The molecule has 6 nitrogen and oxygen atoms in total. The first-order valence-electron chi connectivity index (χ1n) is 7.16. The third kappa shape index (κ3) is 2.45. The van der Waals surface area contributed by atoms with Crippen LogP contribution in [0.2, 0.25) is 0 Å².